The van der Waals surface area contributed by atoms with Gasteiger partial charge in [0, 0.05) is 17.1 Å². The van der Waals surface area contributed by atoms with Gasteiger partial charge in [-0.15, -0.1) is 0 Å². The maximum Gasteiger partial charge on any atom is 0.408 e. The summed E-state index contributed by atoms with van der Waals surface area (Å²) in [4.78, 5) is 61.6. The van der Waals surface area contributed by atoms with Gasteiger partial charge < -0.3 is 35.8 Å². The molecule has 0 aliphatic heterocycles. The first-order chi connectivity index (χ1) is 19.1. The van der Waals surface area contributed by atoms with E-state index >= 15 is 0 Å². The average Bonchev–Trinajstić information content (AvgIpc) is 2.85. The van der Waals surface area contributed by atoms with Crippen LogP contribution in [-0.4, -0.2) is 65.3 Å². The van der Waals surface area contributed by atoms with Gasteiger partial charge in [-0.05, 0) is 65.4 Å². The molecule has 4 amide bonds. The van der Waals surface area contributed by atoms with Crippen molar-refractivity contribution >= 4 is 41.6 Å². The molecule has 230 valence electrons. The van der Waals surface area contributed by atoms with Crippen molar-refractivity contribution in [2.24, 2.45) is 5.92 Å². The summed E-state index contributed by atoms with van der Waals surface area (Å²) in [6.45, 7) is 10.4. The van der Waals surface area contributed by atoms with Crippen molar-refractivity contribution in [1.82, 2.24) is 21.3 Å². The standard InChI is InChI=1S/C28H43ClN4O8/c1-17(2)15-22(24(35)31-18(3)25(36)37)32-23(34)21(33-27(39)41-28(4,5)6)13-9-10-14-30-26(38)40-16-19-11-7-8-12-20(19)29/h7-8,11-12,17-18,21-22H,9-10,13-16H2,1-6H3,(H,30,38)(H,31,35)(H,32,34)(H,33,39)(H,36,37)/t18-,21-,22-/m0/s1. The summed E-state index contributed by atoms with van der Waals surface area (Å²) >= 11 is 6.06. The molecule has 0 spiro atoms. The minimum Gasteiger partial charge on any atom is -0.480 e. The summed E-state index contributed by atoms with van der Waals surface area (Å²) < 4.78 is 10.5. The van der Waals surface area contributed by atoms with Crippen LogP contribution in [0.4, 0.5) is 9.59 Å². The molecule has 0 aliphatic carbocycles. The third-order valence-corrected chi connectivity index (χ3v) is 5.95. The lowest BCUT2D eigenvalue weighted by Crippen LogP contribution is -2.56. The maximum absolute atomic E-state index is 13.2. The number of rotatable bonds is 15. The first-order valence-electron chi connectivity index (χ1n) is 13.6. The Morgan fingerprint density at radius 1 is 0.902 bits per heavy atom. The summed E-state index contributed by atoms with van der Waals surface area (Å²) in [5.74, 6) is -2.46. The molecular formula is C28H43ClN4O8. The van der Waals surface area contributed by atoms with Gasteiger partial charge in [0.15, 0.2) is 0 Å². The lowest BCUT2D eigenvalue weighted by atomic mass is 10.0. The molecular weight excluding hydrogens is 556 g/mol. The minimum atomic E-state index is -1.21. The number of alkyl carbamates (subject to hydrolysis) is 2. The molecule has 0 bridgehead atoms. The smallest absolute Gasteiger partial charge is 0.408 e. The van der Waals surface area contributed by atoms with E-state index < -0.39 is 53.7 Å². The van der Waals surface area contributed by atoms with Crippen LogP contribution in [0.3, 0.4) is 0 Å². The number of halogens is 1. The molecule has 1 rings (SSSR count). The molecule has 12 nitrogen and oxygen atoms in total. The predicted octanol–water partition coefficient (Wildman–Crippen LogP) is 3.75. The van der Waals surface area contributed by atoms with Gasteiger partial charge in [-0.25, -0.2) is 9.59 Å². The highest BCUT2D eigenvalue weighted by atomic mass is 35.5. The number of carboxylic acid groups (broad SMARTS) is 1. The SMILES string of the molecule is CC(C)C[C@H](NC(=O)[C@H](CCCCNC(=O)OCc1ccccc1Cl)NC(=O)OC(C)(C)C)C(=O)N[C@@H](C)C(=O)O. The number of aliphatic carboxylic acids is 1. The van der Waals surface area contributed by atoms with Crippen molar-refractivity contribution < 1.29 is 38.6 Å². The number of amides is 4. The highest BCUT2D eigenvalue weighted by molar-refractivity contribution is 6.31. The topological polar surface area (TPSA) is 172 Å². The summed E-state index contributed by atoms with van der Waals surface area (Å²) in [5, 5.41) is 19.8. The Morgan fingerprint density at radius 2 is 1.54 bits per heavy atom. The van der Waals surface area contributed by atoms with E-state index in [1.165, 1.54) is 6.92 Å². The fraction of sp³-hybridized carbons (Fsp3) is 0.607. The molecule has 1 aromatic rings. The zero-order valence-electron chi connectivity index (χ0n) is 24.5. The van der Waals surface area contributed by atoms with Crippen molar-refractivity contribution in [2.45, 2.75) is 97.6 Å². The molecule has 0 fully saturated rings. The first kappa shape index (κ1) is 35.5. The van der Waals surface area contributed by atoms with Gasteiger partial charge in [-0.1, -0.05) is 43.6 Å². The van der Waals surface area contributed by atoms with Crippen LogP contribution >= 0.6 is 11.6 Å². The molecule has 5 N–H and O–H groups in total. The molecule has 0 heterocycles. The number of benzene rings is 1. The Hall–Kier alpha value is -3.54. The van der Waals surface area contributed by atoms with Gasteiger partial charge >= 0.3 is 18.2 Å². The van der Waals surface area contributed by atoms with Crippen LogP contribution in [0, 0.1) is 5.92 Å². The van der Waals surface area contributed by atoms with E-state index in [0.717, 1.165) is 0 Å². The van der Waals surface area contributed by atoms with E-state index in [1.807, 2.05) is 13.8 Å². The summed E-state index contributed by atoms with van der Waals surface area (Å²) in [5.41, 5.74) is -0.125. The largest absolute Gasteiger partial charge is 0.480 e. The third kappa shape index (κ3) is 15.1. The Labute approximate surface area is 246 Å². The molecule has 0 aliphatic rings. The average molecular weight is 599 g/mol. The number of hydrogen-bond acceptors (Lipinski definition) is 7. The second kappa shape index (κ2) is 17.3. The van der Waals surface area contributed by atoms with Gasteiger partial charge in [-0.3, -0.25) is 14.4 Å². The van der Waals surface area contributed by atoms with Crippen molar-refractivity contribution in [3.05, 3.63) is 34.9 Å². The predicted molar refractivity (Wildman–Crippen MR) is 153 cm³/mol. The molecule has 0 saturated heterocycles. The van der Waals surface area contributed by atoms with Crippen LogP contribution in [0.25, 0.3) is 0 Å². The fourth-order valence-electron chi connectivity index (χ4n) is 3.54. The van der Waals surface area contributed by atoms with Crippen molar-refractivity contribution in [2.75, 3.05) is 6.54 Å². The maximum atomic E-state index is 13.2. The molecule has 0 unspecified atom stereocenters. The first-order valence-corrected chi connectivity index (χ1v) is 13.9. The molecule has 3 atom stereocenters. The highest BCUT2D eigenvalue weighted by Gasteiger charge is 2.30. The van der Waals surface area contributed by atoms with Crippen molar-refractivity contribution in [1.29, 1.82) is 0 Å². The van der Waals surface area contributed by atoms with E-state index in [-0.39, 0.29) is 31.9 Å². The molecule has 41 heavy (non-hydrogen) atoms. The number of carbonyl (C=O) groups is 5. The van der Waals surface area contributed by atoms with Gasteiger partial charge in [0.1, 0.15) is 30.3 Å². The Balaban J connectivity index is 2.75. The number of carboxylic acids is 1. The molecule has 0 aromatic heterocycles. The van der Waals surface area contributed by atoms with Crippen molar-refractivity contribution in [3.63, 3.8) is 0 Å². The minimum absolute atomic E-state index is 0.00666. The highest BCUT2D eigenvalue weighted by Crippen LogP contribution is 2.16. The number of hydrogen-bond donors (Lipinski definition) is 5. The summed E-state index contributed by atoms with van der Waals surface area (Å²) in [6, 6.07) is 3.81. The van der Waals surface area contributed by atoms with E-state index in [2.05, 4.69) is 21.3 Å². The van der Waals surface area contributed by atoms with Crippen LogP contribution in [0.2, 0.25) is 5.02 Å². The summed E-state index contributed by atoms with van der Waals surface area (Å²) in [6.07, 6.45) is -0.0952. The van der Waals surface area contributed by atoms with Crippen LogP contribution in [-0.2, 0) is 30.5 Å². The number of nitrogens with one attached hydrogen (secondary N) is 4. The van der Waals surface area contributed by atoms with E-state index in [4.69, 9.17) is 26.2 Å². The fourth-order valence-corrected chi connectivity index (χ4v) is 3.73. The van der Waals surface area contributed by atoms with Crippen LogP contribution in [0.15, 0.2) is 24.3 Å². The lowest BCUT2D eigenvalue weighted by molar-refractivity contribution is -0.141. The summed E-state index contributed by atoms with van der Waals surface area (Å²) in [7, 11) is 0. The second-order valence-corrected chi connectivity index (χ2v) is 11.5. The Morgan fingerprint density at radius 3 is 2.12 bits per heavy atom. The second-order valence-electron chi connectivity index (χ2n) is 11.0. The van der Waals surface area contributed by atoms with Gasteiger partial charge in [0.2, 0.25) is 11.8 Å². The van der Waals surface area contributed by atoms with E-state index in [1.54, 1.807) is 45.0 Å². The molecule has 1 aromatic carbocycles. The number of ether oxygens (including phenoxy) is 2. The number of carbonyl (C=O) groups excluding carboxylic acids is 4. The zero-order chi connectivity index (χ0) is 31.2. The lowest BCUT2D eigenvalue weighted by Gasteiger charge is -2.26. The van der Waals surface area contributed by atoms with Gasteiger partial charge in [0.25, 0.3) is 0 Å². The third-order valence-electron chi connectivity index (χ3n) is 5.58. The van der Waals surface area contributed by atoms with Gasteiger partial charge in [0.05, 0.1) is 0 Å². The van der Waals surface area contributed by atoms with E-state index in [0.29, 0.717) is 23.4 Å². The molecule has 0 saturated carbocycles. The van der Waals surface area contributed by atoms with E-state index in [9.17, 15) is 24.0 Å². The Bertz CT molecular complexity index is 1040. The molecule has 13 heteroatoms. The number of unbranched alkanes of at least 4 members (excludes halogenated alkanes) is 1. The van der Waals surface area contributed by atoms with Crippen LogP contribution < -0.4 is 21.3 Å². The van der Waals surface area contributed by atoms with Crippen LogP contribution in [0.5, 0.6) is 0 Å². The quantitative estimate of drug-likeness (QED) is 0.190. The molecule has 0 radical (unpaired) electrons. The van der Waals surface area contributed by atoms with Gasteiger partial charge in [-0.2, -0.15) is 0 Å². The monoisotopic (exact) mass is 598 g/mol. The Kier molecular flexibility index (Phi) is 15.0. The van der Waals surface area contributed by atoms with Crippen LogP contribution in [0.1, 0.15) is 72.8 Å². The zero-order valence-corrected chi connectivity index (χ0v) is 25.3. The normalized spacial score (nSPS) is 13.4. The van der Waals surface area contributed by atoms with Crippen molar-refractivity contribution in [3.8, 4) is 0 Å².